The van der Waals surface area contributed by atoms with Crippen LogP contribution in [-0.2, 0) is 13.1 Å². The van der Waals surface area contributed by atoms with Crippen molar-refractivity contribution in [1.29, 1.82) is 0 Å². The van der Waals surface area contributed by atoms with Gasteiger partial charge in [-0.2, -0.15) is 0 Å². The number of furan rings is 1. The van der Waals surface area contributed by atoms with Crippen LogP contribution in [0.15, 0.2) is 53.3 Å². The summed E-state index contributed by atoms with van der Waals surface area (Å²) in [6.45, 7) is 1.37. The number of halogens is 1. The maximum absolute atomic E-state index is 12.9. The molecule has 3 aromatic rings. The van der Waals surface area contributed by atoms with E-state index >= 15 is 0 Å². The fourth-order valence-electron chi connectivity index (χ4n) is 1.85. The molecule has 2 aromatic heterocycles. The molecule has 0 unspecified atom stereocenters. The van der Waals surface area contributed by atoms with Crippen molar-refractivity contribution in [3.8, 4) is 10.4 Å². The molecule has 3 nitrogen and oxygen atoms in total. The maximum Gasteiger partial charge on any atom is 0.123 e. The molecule has 0 saturated heterocycles. The molecule has 0 fully saturated rings. The highest BCUT2D eigenvalue weighted by Crippen LogP contribution is 2.26. The van der Waals surface area contributed by atoms with Gasteiger partial charge in [-0.1, -0.05) is 12.1 Å². The predicted molar refractivity (Wildman–Crippen MR) is 76.8 cm³/mol. The van der Waals surface area contributed by atoms with Gasteiger partial charge in [-0.05, 0) is 29.8 Å². The van der Waals surface area contributed by atoms with Crippen molar-refractivity contribution in [2.75, 3.05) is 0 Å². The van der Waals surface area contributed by atoms with Gasteiger partial charge in [0.2, 0.25) is 0 Å². The summed E-state index contributed by atoms with van der Waals surface area (Å²) >= 11 is 1.60. The molecule has 0 spiro atoms. The SMILES string of the molecule is Fc1ccc(-c2cnc(CNCc3ccco3)s2)cc1. The van der Waals surface area contributed by atoms with Crippen LogP contribution in [0.1, 0.15) is 10.8 Å². The lowest BCUT2D eigenvalue weighted by molar-refractivity contribution is 0.483. The first-order chi connectivity index (χ1) is 9.81. The van der Waals surface area contributed by atoms with Gasteiger partial charge in [-0.3, -0.25) is 0 Å². The van der Waals surface area contributed by atoms with E-state index in [1.165, 1.54) is 12.1 Å². The molecule has 0 bridgehead atoms. The summed E-state index contributed by atoms with van der Waals surface area (Å²) in [6.07, 6.45) is 3.48. The molecule has 102 valence electrons. The van der Waals surface area contributed by atoms with Gasteiger partial charge in [0.1, 0.15) is 16.6 Å². The molecule has 0 radical (unpaired) electrons. The van der Waals surface area contributed by atoms with Crippen molar-refractivity contribution in [1.82, 2.24) is 10.3 Å². The van der Waals surface area contributed by atoms with E-state index in [0.29, 0.717) is 13.1 Å². The largest absolute Gasteiger partial charge is 0.468 e. The number of nitrogens with zero attached hydrogens (tertiary/aromatic N) is 1. The molecule has 3 rings (SSSR count). The monoisotopic (exact) mass is 288 g/mol. The molecule has 1 N–H and O–H groups in total. The number of hydrogen-bond acceptors (Lipinski definition) is 4. The van der Waals surface area contributed by atoms with Crippen molar-refractivity contribution in [2.45, 2.75) is 13.1 Å². The Bertz CT molecular complexity index is 662. The van der Waals surface area contributed by atoms with E-state index in [-0.39, 0.29) is 5.82 Å². The number of rotatable bonds is 5. The van der Waals surface area contributed by atoms with E-state index in [9.17, 15) is 4.39 Å². The molecule has 0 aliphatic rings. The average Bonchev–Trinajstić information content (AvgIpc) is 3.11. The summed E-state index contributed by atoms with van der Waals surface area (Å²) in [7, 11) is 0. The third-order valence-electron chi connectivity index (χ3n) is 2.84. The third kappa shape index (κ3) is 3.12. The van der Waals surface area contributed by atoms with Crippen molar-refractivity contribution < 1.29 is 8.81 Å². The Balaban J connectivity index is 1.60. The number of benzene rings is 1. The first-order valence-electron chi connectivity index (χ1n) is 6.25. The third-order valence-corrected chi connectivity index (χ3v) is 3.88. The van der Waals surface area contributed by atoms with Gasteiger partial charge in [-0.15, -0.1) is 11.3 Å². The highest BCUT2D eigenvalue weighted by atomic mass is 32.1. The Kier molecular flexibility index (Phi) is 3.90. The Morgan fingerprint density at radius 2 is 2.00 bits per heavy atom. The van der Waals surface area contributed by atoms with E-state index in [0.717, 1.165) is 21.2 Å². The smallest absolute Gasteiger partial charge is 0.123 e. The average molecular weight is 288 g/mol. The second-order valence-electron chi connectivity index (χ2n) is 4.31. The van der Waals surface area contributed by atoms with Crippen LogP contribution >= 0.6 is 11.3 Å². The molecule has 0 aliphatic carbocycles. The van der Waals surface area contributed by atoms with Crippen LogP contribution < -0.4 is 5.32 Å². The molecule has 0 atom stereocenters. The topological polar surface area (TPSA) is 38.1 Å². The van der Waals surface area contributed by atoms with Crippen LogP contribution in [0.3, 0.4) is 0 Å². The van der Waals surface area contributed by atoms with Crippen LogP contribution in [0, 0.1) is 5.82 Å². The lowest BCUT2D eigenvalue weighted by Gasteiger charge is -1.99. The Hall–Kier alpha value is -1.98. The standard InChI is InChI=1S/C15H13FN2OS/c16-12-5-3-11(4-6-12)14-9-18-15(20-14)10-17-8-13-2-1-7-19-13/h1-7,9,17H,8,10H2. The summed E-state index contributed by atoms with van der Waals surface area (Å²) in [5.41, 5.74) is 0.987. The van der Waals surface area contributed by atoms with Crippen LogP contribution in [0.4, 0.5) is 4.39 Å². The second kappa shape index (κ2) is 5.98. The molecular weight excluding hydrogens is 275 g/mol. The Morgan fingerprint density at radius 1 is 1.15 bits per heavy atom. The van der Waals surface area contributed by atoms with Crippen molar-refractivity contribution >= 4 is 11.3 Å². The molecule has 2 heterocycles. The fraction of sp³-hybridized carbons (Fsp3) is 0.133. The molecule has 0 aliphatic heterocycles. The number of nitrogens with one attached hydrogen (secondary N) is 1. The van der Waals surface area contributed by atoms with Gasteiger partial charge >= 0.3 is 0 Å². The summed E-state index contributed by atoms with van der Waals surface area (Å²) in [6, 6.07) is 10.3. The predicted octanol–water partition coefficient (Wildman–Crippen LogP) is 3.83. The molecular formula is C15H13FN2OS. The van der Waals surface area contributed by atoms with E-state index in [1.807, 2.05) is 18.3 Å². The van der Waals surface area contributed by atoms with Crippen molar-refractivity contribution in [2.24, 2.45) is 0 Å². The molecule has 20 heavy (non-hydrogen) atoms. The summed E-state index contributed by atoms with van der Waals surface area (Å²) < 4.78 is 18.1. The fourth-order valence-corrected chi connectivity index (χ4v) is 2.74. The maximum atomic E-state index is 12.9. The van der Waals surface area contributed by atoms with E-state index in [2.05, 4.69) is 10.3 Å². The zero-order valence-electron chi connectivity index (χ0n) is 10.7. The van der Waals surface area contributed by atoms with Gasteiger partial charge < -0.3 is 9.73 Å². The van der Waals surface area contributed by atoms with Crippen LogP contribution in [0.25, 0.3) is 10.4 Å². The quantitative estimate of drug-likeness (QED) is 0.775. The minimum absolute atomic E-state index is 0.224. The van der Waals surface area contributed by atoms with E-state index in [1.54, 1.807) is 29.7 Å². The lowest BCUT2D eigenvalue weighted by atomic mass is 10.2. The van der Waals surface area contributed by atoms with Crippen molar-refractivity contribution in [3.63, 3.8) is 0 Å². The first kappa shape index (κ1) is 13.0. The van der Waals surface area contributed by atoms with Gasteiger partial charge in [-0.25, -0.2) is 9.37 Å². The molecule has 1 aromatic carbocycles. The summed E-state index contributed by atoms with van der Waals surface area (Å²) in [4.78, 5) is 5.41. The van der Waals surface area contributed by atoms with Gasteiger partial charge in [0, 0.05) is 12.7 Å². The minimum Gasteiger partial charge on any atom is -0.468 e. The van der Waals surface area contributed by atoms with Crippen LogP contribution in [0.2, 0.25) is 0 Å². The van der Waals surface area contributed by atoms with Crippen LogP contribution in [-0.4, -0.2) is 4.98 Å². The lowest BCUT2D eigenvalue weighted by Crippen LogP contribution is -2.11. The Labute approximate surface area is 120 Å². The highest BCUT2D eigenvalue weighted by Gasteiger charge is 2.05. The number of aromatic nitrogens is 1. The Morgan fingerprint density at radius 3 is 2.75 bits per heavy atom. The van der Waals surface area contributed by atoms with Gasteiger partial charge in [0.15, 0.2) is 0 Å². The molecule has 0 saturated carbocycles. The zero-order chi connectivity index (χ0) is 13.8. The number of thiazole rings is 1. The highest BCUT2D eigenvalue weighted by molar-refractivity contribution is 7.15. The van der Waals surface area contributed by atoms with E-state index in [4.69, 9.17) is 4.42 Å². The second-order valence-corrected chi connectivity index (χ2v) is 5.42. The first-order valence-corrected chi connectivity index (χ1v) is 7.06. The molecule has 0 amide bonds. The van der Waals surface area contributed by atoms with Gasteiger partial charge in [0.25, 0.3) is 0 Å². The number of hydrogen-bond donors (Lipinski definition) is 1. The summed E-state index contributed by atoms with van der Waals surface area (Å²) in [5.74, 6) is 0.680. The zero-order valence-corrected chi connectivity index (χ0v) is 11.5. The minimum atomic E-state index is -0.224. The van der Waals surface area contributed by atoms with Crippen LogP contribution in [0.5, 0.6) is 0 Å². The molecule has 5 heteroatoms. The van der Waals surface area contributed by atoms with Gasteiger partial charge in [0.05, 0.1) is 17.7 Å². The normalized spacial score (nSPS) is 10.8. The van der Waals surface area contributed by atoms with E-state index < -0.39 is 0 Å². The van der Waals surface area contributed by atoms with Crippen molar-refractivity contribution in [3.05, 3.63) is 65.4 Å². The summed E-state index contributed by atoms with van der Waals surface area (Å²) in [5, 5.41) is 4.27.